The zero-order chi connectivity index (χ0) is 25.4. The Hall–Kier alpha value is -2.84. The summed E-state index contributed by atoms with van der Waals surface area (Å²) in [4.78, 5) is 25.6. The third-order valence-electron chi connectivity index (χ3n) is 6.81. The van der Waals surface area contributed by atoms with Gasteiger partial charge in [0.1, 0.15) is 5.82 Å². The Kier molecular flexibility index (Phi) is 7.08. The van der Waals surface area contributed by atoms with Gasteiger partial charge in [0.05, 0.1) is 27.5 Å². The number of hydrogen-bond donors (Lipinski definition) is 2. The number of aromatic nitrogens is 2. The van der Waals surface area contributed by atoms with Crippen LogP contribution in [0.2, 0.25) is 10.0 Å². The van der Waals surface area contributed by atoms with Crippen LogP contribution in [0.4, 0.5) is 11.4 Å². The molecule has 0 bridgehead atoms. The van der Waals surface area contributed by atoms with Crippen LogP contribution in [0.15, 0.2) is 59.4 Å². The lowest BCUT2D eigenvalue weighted by atomic mass is 10.1. The van der Waals surface area contributed by atoms with Crippen molar-refractivity contribution in [2.24, 2.45) is 0 Å². The van der Waals surface area contributed by atoms with E-state index in [2.05, 4.69) is 51.4 Å². The topological polar surface area (TPSA) is 64.3 Å². The molecule has 2 N–H and O–H groups in total. The molecule has 1 amide bonds. The van der Waals surface area contributed by atoms with Crippen LogP contribution in [0.5, 0.6) is 0 Å². The second kappa shape index (κ2) is 10.3. The van der Waals surface area contributed by atoms with Gasteiger partial charge < -0.3 is 15.2 Å². The van der Waals surface area contributed by atoms with Crippen LogP contribution >= 0.6 is 34.5 Å². The SMILES string of the molecule is C[C@@H]1CN(c2ccc(C(=O)Nc3ccc(Cl)c(-c4ncc(-c5ccsc5)[nH]4)c3)c(Cl)c2)C[C@H](C)N1C. The van der Waals surface area contributed by atoms with Crippen LogP contribution in [-0.2, 0) is 0 Å². The molecule has 36 heavy (non-hydrogen) atoms. The number of H-pyrrole nitrogens is 1. The molecule has 6 nitrogen and oxygen atoms in total. The number of carbonyl (C=O) groups excluding carboxylic acids is 1. The number of carbonyl (C=O) groups is 1. The zero-order valence-corrected chi connectivity index (χ0v) is 22.6. The number of aromatic amines is 1. The van der Waals surface area contributed by atoms with Crippen molar-refractivity contribution in [3.63, 3.8) is 0 Å². The van der Waals surface area contributed by atoms with E-state index in [4.69, 9.17) is 23.2 Å². The number of anilines is 2. The fourth-order valence-corrected chi connectivity index (χ4v) is 5.63. The number of rotatable bonds is 5. The van der Waals surface area contributed by atoms with Gasteiger partial charge in [0, 0.05) is 53.1 Å². The van der Waals surface area contributed by atoms with Gasteiger partial charge in [-0.15, -0.1) is 0 Å². The highest BCUT2D eigenvalue weighted by Crippen LogP contribution is 2.32. The maximum Gasteiger partial charge on any atom is 0.257 e. The molecule has 186 valence electrons. The number of hydrogen-bond acceptors (Lipinski definition) is 5. The van der Waals surface area contributed by atoms with Crippen LogP contribution in [0, 0.1) is 0 Å². The quantitative estimate of drug-likeness (QED) is 0.289. The van der Waals surface area contributed by atoms with E-state index in [-0.39, 0.29) is 5.91 Å². The number of halogens is 2. The first-order valence-electron chi connectivity index (χ1n) is 11.8. The third kappa shape index (κ3) is 5.02. The lowest BCUT2D eigenvalue weighted by Crippen LogP contribution is -2.55. The summed E-state index contributed by atoms with van der Waals surface area (Å²) in [6.45, 7) is 6.27. The minimum Gasteiger partial charge on any atom is -0.368 e. The molecule has 3 heterocycles. The highest BCUT2D eigenvalue weighted by molar-refractivity contribution is 7.08. The second-order valence-electron chi connectivity index (χ2n) is 9.24. The lowest BCUT2D eigenvalue weighted by molar-refractivity contribution is 0.102. The van der Waals surface area contributed by atoms with Crippen molar-refractivity contribution in [3.05, 3.63) is 75.0 Å². The fourth-order valence-electron chi connectivity index (χ4n) is 4.51. The first kappa shape index (κ1) is 24.8. The maximum absolute atomic E-state index is 13.1. The molecular weight excluding hydrogens is 513 g/mol. The average Bonchev–Trinajstić information content (AvgIpc) is 3.55. The predicted molar refractivity (Wildman–Crippen MR) is 151 cm³/mol. The summed E-state index contributed by atoms with van der Waals surface area (Å²) >= 11 is 14.7. The van der Waals surface area contributed by atoms with Crippen LogP contribution in [-0.4, -0.2) is 53.0 Å². The van der Waals surface area contributed by atoms with Crippen molar-refractivity contribution >= 4 is 51.8 Å². The number of amides is 1. The van der Waals surface area contributed by atoms with Gasteiger partial charge in [-0.05, 0) is 68.7 Å². The third-order valence-corrected chi connectivity index (χ3v) is 8.14. The molecule has 2 aromatic carbocycles. The molecule has 2 aromatic heterocycles. The highest BCUT2D eigenvalue weighted by atomic mass is 35.5. The Morgan fingerprint density at radius 1 is 1.08 bits per heavy atom. The number of piperazine rings is 1. The molecule has 0 unspecified atom stereocenters. The maximum atomic E-state index is 13.1. The molecule has 9 heteroatoms. The van der Waals surface area contributed by atoms with Crippen molar-refractivity contribution in [2.75, 3.05) is 30.4 Å². The molecule has 0 radical (unpaired) electrons. The van der Waals surface area contributed by atoms with Crippen LogP contribution in [0.25, 0.3) is 22.6 Å². The van der Waals surface area contributed by atoms with Gasteiger partial charge >= 0.3 is 0 Å². The van der Waals surface area contributed by atoms with Crippen molar-refractivity contribution in [2.45, 2.75) is 25.9 Å². The molecule has 0 spiro atoms. The van der Waals surface area contributed by atoms with Crippen molar-refractivity contribution in [3.8, 4) is 22.6 Å². The molecule has 2 atom stereocenters. The minimum absolute atomic E-state index is 0.279. The van der Waals surface area contributed by atoms with E-state index in [1.54, 1.807) is 35.7 Å². The van der Waals surface area contributed by atoms with E-state index in [1.807, 2.05) is 29.6 Å². The predicted octanol–water partition coefficient (Wildman–Crippen LogP) is 6.89. The zero-order valence-electron chi connectivity index (χ0n) is 20.3. The van der Waals surface area contributed by atoms with Gasteiger partial charge in [0.15, 0.2) is 0 Å². The van der Waals surface area contributed by atoms with Crippen LogP contribution in [0.3, 0.4) is 0 Å². The number of benzene rings is 2. The number of nitrogens with zero attached hydrogens (tertiary/aromatic N) is 3. The van der Waals surface area contributed by atoms with E-state index >= 15 is 0 Å². The Morgan fingerprint density at radius 2 is 1.86 bits per heavy atom. The summed E-state index contributed by atoms with van der Waals surface area (Å²) in [5, 5.41) is 7.98. The average molecular weight is 541 g/mol. The van der Waals surface area contributed by atoms with Gasteiger partial charge in [-0.1, -0.05) is 23.2 Å². The number of likely N-dealkylation sites (N-methyl/N-ethyl adjacent to an activating group) is 1. The lowest BCUT2D eigenvalue weighted by Gasteiger charge is -2.43. The van der Waals surface area contributed by atoms with Gasteiger partial charge in [-0.2, -0.15) is 11.3 Å². The summed E-state index contributed by atoms with van der Waals surface area (Å²) in [6.07, 6.45) is 1.78. The molecule has 0 aliphatic carbocycles. The van der Waals surface area contributed by atoms with Gasteiger partial charge in [-0.25, -0.2) is 4.98 Å². The summed E-state index contributed by atoms with van der Waals surface area (Å²) in [6, 6.07) is 13.9. The van der Waals surface area contributed by atoms with E-state index in [0.29, 0.717) is 44.8 Å². The van der Waals surface area contributed by atoms with Crippen molar-refractivity contribution < 1.29 is 4.79 Å². The van der Waals surface area contributed by atoms with Crippen LogP contribution < -0.4 is 10.2 Å². The van der Waals surface area contributed by atoms with E-state index in [9.17, 15) is 4.79 Å². The Labute approximate surface area is 224 Å². The highest BCUT2D eigenvalue weighted by Gasteiger charge is 2.27. The standard InChI is InChI=1S/C27H27Cl2N5OS/c1-16-13-34(14-17(2)33(16)3)20-5-6-21(24(29)11-20)27(35)31-19-4-7-23(28)22(10-19)26-30-12-25(32-26)18-8-9-36-15-18/h4-12,15-17H,13-14H2,1-3H3,(H,30,32)(H,31,35)/t16-,17+. The Morgan fingerprint density at radius 3 is 2.56 bits per heavy atom. The minimum atomic E-state index is -0.279. The Bertz CT molecular complexity index is 1370. The largest absolute Gasteiger partial charge is 0.368 e. The van der Waals surface area contributed by atoms with E-state index in [0.717, 1.165) is 30.0 Å². The first-order valence-corrected chi connectivity index (χ1v) is 13.5. The molecule has 1 saturated heterocycles. The molecule has 5 rings (SSSR count). The number of imidazole rings is 1. The van der Waals surface area contributed by atoms with Gasteiger partial charge in [-0.3, -0.25) is 9.69 Å². The van der Waals surface area contributed by atoms with Crippen molar-refractivity contribution in [1.29, 1.82) is 0 Å². The summed E-state index contributed by atoms with van der Waals surface area (Å²) < 4.78 is 0. The van der Waals surface area contributed by atoms with E-state index < -0.39 is 0 Å². The van der Waals surface area contributed by atoms with Crippen molar-refractivity contribution in [1.82, 2.24) is 14.9 Å². The molecule has 1 aliphatic heterocycles. The fraction of sp³-hybridized carbons (Fsp3) is 0.259. The molecule has 1 fully saturated rings. The van der Waals surface area contributed by atoms with Gasteiger partial charge in [0.25, 0.3) is 5.91 Å². The van der Waals surface area contributed by atoms with Crippen LogP contribution in [0.1, 0.15) is 24.2 Å². The molecule has 1 aliphatic rings. The van der Waals surface area contributed by atoms with Gasteiger partial charge in [0.2, 0.25) is 0 Å². The Balaban J connectivity index is 1.33. The molecule has 0 saturated carbocycles. The smallest absolute Gasteiger partial charge is 0.257 e. The second-order valence-corrected chi connectivity index (χ2v) is 10.8. The normalized spacial score (nSPS) is 18.4. The number of nitrogens with one attached hydrogen (secondary N) is 2. The summed E-state index contributed by atoms with van der Waals surface area (Å²) in [5.74, 6) is 0.355. The monoisotopic (exact) mass is 539 g/mol. The molecule has 4 aromatic rings. The summed E-state index contributed by atoms with van der Waals surface area (Å²) in [7, 11) is 2.16. The summed E-state index contributed by atoms with van der Waals surface area (Å²) in [5.41, 5.74) is 4.73. The number of thiophene rings is 1. The first-order chi connectivity index (χ1) is 17.3. The van der Waals surface area contributed by atoms with E-state index in [1.165, 1.54) is 0 Å². The molecular formula is C27H27Cl2N5OS.